The molecule has 0 radical (unpaired) electrons. The average molecular weight is 110 g/mol. The molecule has 1 nitrogen and oxygen atoms in total. The van der Waals surface area contributed by atoms with Crippen molar-refractivity contribution in [2.45, 2.75) is 12.8 Å². The first-order valence-corrected chi connectivity index (χ1v) is 2.91. The lowest BCUT2D eigenvalue weighted by atomic mass is 10.4. The van der Waals surface area contributed by atoms with Gasteiger partial charge in [-0.15, -0.1) is 0 Å². The molecular formula is C7H10O. The lowest BCUT2D eigenvalue weighted by Crippen LogP contribution is -1.80. The van der Waals surface area contributed by atoms with E-state index in [1.165, 1.54) is 12.8 Å². The Morgan fingerprint density at radius 1 is 1.62 bits per heavy atom. The number of methoxy groups -OCH3 is 1. The zero-order valence-corrected chi connectivity index (χ0v) is 5.11. The van der Waals surface area contributed by atoms with Crippen molar-refractivity contribution in [2.24, 2.45) is 5.92 Å². The summed E-state index contributed by atoms with van der Waals surface area (Å²) in [6.07, 6.45) is 2.60. The fraction of sp³-hybridized carbons (Fsp3) is 0.714. The van der Waals surface area contributed by atoms with E-state index in [9.17, 15) is 0 Å². The summed E-state index contributed by atoms with van der Waals surface area (Å²) in [4.78, 5) is 0. The zero-order valence-electron chi connectivity index (χ0n) is 5.11. The first-order chi connectivity index (χ1) is 3.93. The molecule has 0 N–H and O–H groups in total. The first kappa shape index (κ1) is 5.65. The Morgan fingerprint density at radius 3 is 2.88 bits per heavy atom. The Balaban J connectivity index is 2.05. The van der Waals surface area contributed by atoms with Crippen LogP contribution in [0.1, 0.15) is 12.8 Å². The van der Waals surface area contributed by atoms with Crippen molar-refractivity contribution in [2.75, 3.05) is 13.7 Å². The monoisotopic (exact) mass is 110 g/mol. The van der Waals surface area contributed by atoms with Gasteiger partial charge in [0.05, 0.1) is 0 Å². The maximum atomic E-state index is 4.75. The molecule has 0 amide bonds. The van der Waals surface area contributed by atoms with Crippen molar-refractivity contribution in [3.8, 4) is 11.8 Å². The molecule has 1 heteroatoms. The van der Waals surface area contributed by atoms with Gasteiger partial charge >= 0.3 is 0 Å². The van der Waals surface area contributed by atoms with Gasteiger partial charge in [0.25, 0.3) is 0 Å². The second-order valence-electron chi connectivity index (χ2n) is 2.03. The molecule has 44 valence electrons. The van der Waals surface area contributed by atoms with Gasteiger partial charge < -0.3 is 4.74 Å². The van der Waals surface area contributed by atoms with Crippen molar-refractivity contribution in [3.05, 3.63) is 0 Å². The molecule has 1 aliphatic rings. The number of hydrogen-bond donors (Lipinski definition) is 0. The minimum absolute atomic E-state index is 0.594. The molecule has 0 aromatic heterocycles. The minimum atomic E-state index is 0.594. The standard InChI is InChI=1S/C7H10O/c1-8-6-2-3-7-4-5-7/h7H,4-6H2,1H3. The fourth-order valence-corrected chi connectivity index (χ4v) is 0.486. The SMILES string of the molecule is COCC#CC1CC1. The Morgan fingerprint density at radius 2 is 2.38 bits per heavy atom. The molecule has 1 rings (SSSR count). The topological polar surface area (TPSA) is 9.23 Å². The van der Waals surface area contributed by atoms with Crippen LogP contribution in [0, 0.1) is 17.8 Å². The van der Waals surface area contributed by atoms with E-state index in [0.29, 0.717) is 12.5 Å². The van der Waals surface area contributed by atoms with Crippen molar-refractivity contribution < 1.29 is 4.74 Å². The summed E-state index contributed by atoms with van der Waals surface area (Å²) in [7, 11) is 1.67. The van der Waals surface area contributed by atoms with Crippen LogP contribution in [0.3, 0.4) is 0 Å². The molecular weight excluding hydrogens is 100 g/mol. The molecule has 0 atom stereocenters. The van der Waals surface area contributed by atoms with Crippen molar-refractivity contribution in [1.29, 1.82) is 0 Å². The second kappa shape index (κ2) is 2.74. The van der Waals surface area contributed by atoms with Gasteiger partial charge in [-0.2, -0.15) is 0 Å². The predicted molar refractivity (Wildman–Crippen MR) is 32.4 cm³/mol. The Labute approximate surface area is 50.0 Å². The molecule has 0 unspecified atom stereocenters. The van der Waals surface area contributed by atoms with E-state index < -0.39 is 0 Å². The average Bonchev–Trinajstić information content (AvgIpc) is 2.51. The maximum absolute atomic E-state index is 4.75. The highest BCUT2D eigenvalue weighted by Gasteiger charge is 2.17. The van der Waals surface area contributed by atoms with Crippen LogP contribution in [-0.4, -0.2) is 13.7 Å². The maximum Gasteiger partial charge on any atom is 0.107 e. The van der Waals surface area contributed by atoms with Crippen LogP contribution in [-0.2, 0) is 4.74 Å². The Kier molecular flexibility index (Phi) is 1.93. The second-order valence-corrected chi connectivity index (χ2v) is 2.03. The van der Waals surface area contributed by atoms with Crippen molar-refractivity contribution >= 4 is 0 Å². The number of rotatable bonds is 1. The first-order valence-electron chi connectivity index (χ1n) is 2.91. The van der Waals surface area contributed by atoms with Crippen molar-refractivity contribution in [1.82, 2.24) is 0 Å². The number of hydrogen-bond acceptors (Lipinski definition) is 1. The molecule has 0 bridgehead atoms. The third-order valence-electron chi connectivity index (χ3n) is 1.10. The summed E-state index contributed by atoms with van der Waals surface area (Å²) in [5, 5.41) is 0. The zero-order chi connectivity index (χ0) is 5.82. The van der Waals surface area contributed by atoms with E-state index in [-0.39, 0.29) is 0 Å². The predicted octanol–water partition coefficient (Wildman–Crippen LogP) is 1.05. The highest BCUT2D eigenvalue weighted by molar-refractivity contribution is 5.09. The van der Waals surface area contributed by atoms with Crippen LogP contribution in [0.25, 0.3) is 0 Å². The van der Waals surface area contributed by atoms with Gasteiger partial charge in [0.2, 0.25) is 0 Å². The normalized spacial score (nSPS) is 17.1. The van der Waals surface area contributed by atoms with Crippen LogP contribution in [0.4, 0.5) is 0 Å². The Hall–Kier alpha value is -0.480. The molecule has 8 heavy (non-hydrogen) atoms. The van der Waals surface area contributed by atoms with Gasteiger partial charge in [-0.05, 0) is 12.8 Å². The summed E-state index contributed by atoms with van der Waals surface area (Å²) < 4.78 is 4.75. The largest absolute Gasteiger partial charge is 0.372 e. The van der Waals surface area contributed by atoms with E-state index in [1.807, 2.05) is 0 Å². The lowest BCUT2D eigenvalue weighted by Gasteiger charge is -1.80. The molecule has 0 spiro atoms. The summed E-state index contributed by atoms with van der Waals surface area (Å²) in [6.45, 7) is 0.594. The quantitative estimate of drug-likeness (QED) is 0.458. The molecule has 1 fully saturated rings. The molecule has 0 aromatic carbocycles. The van der Waals surface area contributed by atoms with Gasteiger partial charge in [-0.25, -0.2) is 0 Å². The molecule has 1 saturated carbocycles. The van der Waals surface area contributed by atoms with Gasteiger partial charge in [-0.3, -0.25) is 0 Å². The molecule has 0 saturated heterocycles. The van der Waals surface area contributed by atoms with Crippen LogP contribution in [0.5, 0.6) is 0 Å². The van der Waals surface area contributed by atoms with E-state index in [4.69, 9.17) is 4.74 Å². The fourth-order valence-electron chi connectivity index (χ4n) is 0.486. The summed E-state index contributed by atoms with van der Waals surface area (Å²) in [6, 6.07) is 0. The smallest absolute Gasteiger partial charge is 0.107 e. The van der Waals surface area contributed by atoms with Gasteiger partial charge in [0.15, 0.2) is 0 Å². The highest BCUT2D eigenvalue weighted by Crippen LogP contribution is 2.27. The van der Waals surface area contributed by atoms with Crippen LogP contribution >= 0.6 is 0 Å². The van der Waals surface area contributed by atoms with Crippen molar-refractivity contribution in [3.63, 3.8) is 0 Å². The van der Waals surface area contributed by atoms with Crippen LogP contribution in [0.2, 0.25) is 0 Å². The molecule has 0 aliphatic heterocycles. The van der Waals surface area contributed by atoms with E-state index in [0.717, 1.165) is 0 Å². The third kappa shape index (κ3) is 1.99. The van der Waals surface area contributed by atoms with Crippen LogP contribution in [0.15, 0.2) is 0 Å². The van der Waals surface area contributed by atoms with Gasteiger partial charge in [0.1, 0.15) is 6.61 Å². The molecule has 0 heterocycles. The van der Waals surface area contributed by atoms with Gasteiger partial charge in [-0.1, -0.05) is 11.8 Å². The summed E-state index contributed by atoms with van der Waals surface area (Å²) >= 11 is 0. The van der Waals surface area contributed by atoms with Crippen LogP contribution < -0.4 is 0 Å². The summed E-state index contributed by atoms with van der Waals surface area (Å²) in [5.41, 5.74) is 0. The molecule has 0 aromatic rings. The Bertz CT molecular complexity index is 114. The summed E-state index contributed by atoms with van der Waals surface area (Å²) in [5.74, 6) is 6.72. The third-order valence-corrected chi connectivity index (χ3v) is 1.10. The lowest BCUT2D eigenvalue weighted by molar-refractivity contribution is 0.239. The van der Waals surface area contributed by atoms with E-state index >= 15 is 0 Å². The van der Waals surface area contributed by atoms with E-state index in [2.05, 4.69) is 11.8 Å². The van der Waals surface area contributed by atoms with Gasteiger partial charge in [0, 0.05) is 13.0 Å². The highest BCUT2D eigenvalue weighted by atomic mass is 16.5. The number of ether oxygens (including phenoxy) is 1. The minimum Gasteiger partial charge on any atom is -0.372 e. The van der Waals surface area contributed by atoms with E-state index in [1.54, 1.807) is 7.11 Å². The molecule has 1 aliphatic carbocycles.